The predicted molar refractivity (Wildman–Crippen MR) is 164 cm³/mol. The molecule has 0 amide bonds. The minimum atomic E-state index is -1.93. The molecular weight excluding hydrogens is 521 g/mol. The van der Waals surface area contributed by atoms with Crippen LogP contribution in [-0.2, 0) is 22.6 Å². The summed E-state index contributed by atoms with van der Waals surface area (Å²) in [4.78, 5) is 22.3. The standard InChI is InChI=1S/2C13H28O3Si2/c1-13(2,3)10-11(12(14)15)8-9-17(4)16-18(5,6)7;1-8-13(14)15-11-17(5,6)16-18(7,9-2)10-12(3)4/h10,17H,8-9H2,1-7H3,(H,14,15);8,12H,1,9-11H2,2-7H3. The number of hydrogen-bond acceptors (Lipinski definition) is 5. The smallest absolute Gasteiger partial charge is 0.331 e. The Morgan fingerprint density at radius 1 is 1.08 bits per heavy atom. The second-order valence-corrected chi connectivity index (χ2v) is 29.0. The number of hydrogen-bond donors (Lipinski definition) is 1. The fourth-order valence-electron chi connectivity index (χ4n) is 3.91. The van der Waals surface area contributed by atoms with Crippen LogP contribution >= 0.6 is 0 Å². The molecule has 212 valence electrons. The zero-order valence-electron chi connectivity index (χ0n) is 25.5. The molecule has 0 heterocycles. The van der Waals surface area contributed by atoms with Crippen molar-refractivity contribution in [1.29, 1.82) is 0 Å². The van der Waals surface area contributed by atoms with Gasteiger partial charge in [0.05, 0.1) is 0 Å². The predicted octanol–water partition coefficient (Wildman–Crippen LogP) is 7.37. The number of carbonyl (C=O) groups excluding carboxylic acids is 1. The molecule has 0 aliphatic heterocycles. The molecule has 36 heavy (non-hydrogen) atoms. The number of esters is 1. The Morgan fingerprint density at radius 3 is 1.97 bits per heavy atom. The Morgan fingerprint density at radius 2 is 1.61 bits per heavy atom. The zero-order valence-corrected chi connectivity index (χ0v) is 29.7. The maximum Gasteiger partial charge on any atom is 0.331 e. The number of aliphatic carboxylic acids is 1. The van der Waals surface area contributed by atoms with Gasteiger partial charge in [-0.2, -0.15) is 0 Å². The second kappa shape index (κ2) is 16.2. The zero-order chi connectivity index (χ0) is 29.0. The average Bonchev–Trinajstić information content (AvgIpc) is 2.66. The van der Waals surface area contributed by atoms with Crippen LogP contribution in [0.3, 0.4) is 0 Å². The third-order valence-corrected chi connectivity index (χ3v) is 18.8. The Balaban J connectivity index is 0. The monoisotopic (exact) mass is 576 g/mol. The Labute approximate surface area is 227 Å². The summed E-state index contributed by atoms with van der Waals surface area (Å²) >= 11 is 0. The fraction of sp³-hybridized carbons (Fsp3) is 0.769. The summed E-state index contributed by atoms with van der Waals surface area (Å²) in [7, 11) is -6.30. The Bertz CT molecular complexity index is 723. The van der Waals surface area contributed by atoms with E-state index in [1.54, 1.807) is 0 Å². The minimum absolute atomic E-state index is 0.0852. The van der Waals surface area contributed by atoms with E-state index in [1.807, 2.05) is 26.8 Å². The van der Waals surface area contributed by atoms with Crippen LogP contribution in [0.15, 0.2) is 24.3 Å². The molecule has 0 aliphatic carbocycles. The minimum Gasteiger partial charge on any atom is -0.478 e. The van der Waals surface area contributed by atoms with Gasteiger partial charge in [0.2, 0.25) is 8.32 Å². The Hall–Kier alpha value is -0.792. The van der Waals surface area contributed by atoms with Gasteiger partial charge in [0.1, 0.15) is 6.23 Å². The molecule has 0 spiro atoms. The summed E-state index contributed by atoms with van der Waals surface area (Å²) in [5, 5.41) is 9.20. The van der Waals surface area contributed by atoms with Crippen molar-refractivity contribution >= 4 is 45.9 Å². The summed E-state index contributed by atoms with van der Waals surface area (Å²) in [5.41, 5.74) is 0.444. The lowest BCUT2D eigenvalue weighted by Gasteiger charge is -2.36. The Kier molecular flexibility index (Phi) is 16.8. The molecule has 2 atom stereocenters. The van der Waals surface area contributed by atoms with Gasteiger partial charge in [0.15, 0.2) is 25.7 Å². The lowest BCUT2D eigenvalue weighted by atomic mass is 9.93. The highest BCUT2D eigenvalue weighted by Gasteiger charge is 2.36. The van der Waals surface area contributed by atoms with Crippen LogP contribution in [0.5, 0.6) is 0 Å². The van der Waals surface area contributed by atoms with E-state index < -0.39 is 40.0 Å². The third kappa shape index (κ3) is 21.3. The van der Waals surface area contributed by atoms with E-state index in [0.717, 1.165) is 18.1 Å². The average molecular weight is 577 g/mol. The van der Waals surface area contributed by atoms with Gasteiger partial charge in [-0.1, -0.05) is 54.2 Å². The number of ether oxygens (including phenoxy) is 1. The molecule has 0 aliphatic rings. The van der Waals surface area contributed by atoms with Gasteiger partial charge >= 0.3 is 11.9 Å². The van der Waals surface area contributed by atoms with Gasteiger partial charge in [-0.05, 0) is 81.7 Å². The fourth-order valence-corrected chi connectivity index (χ4v) is 18.9. The summed E-state index contributed by atoms with van der Waals surface area (Å²) in [6, 6.07) is 3.17. The van der Waals surface area contributed by atoms with Gasteiger partial charge in [-0.15, -0.1) is 0 Å². The van der Waals surface area contributed by atoms with Crippen molar-refractivity contribution in [2.24, 2.45) is 11.3 Å². The van der Waals surface area contributed by atoms with Crippen molar-refractivity contribution in [3.63, 3.8) is 0 Å². The molecule has 6 nitrogen and oxygen atoms in total. The number of carboxylic acids is 1. The summed E-state index contributed by atoms with van der Waals surface area (Å²) in [6.07, 6.45) is 4.11. The first-order chi connectivity index (χ1) is 16.0. The molecule has 10 heteroatoms. The lowest BCUT2D eigenvalue weighted by molar-refractivity contribution is -0.136. The lowest BCUT2D eigenvalue weighted by Crippen LogP contribution is -2.49. The second-order valence-electron chi connectivity index (χ2n) is 13.0. The third-order valence-electron chi connectivity index (χ3n) is 5.10. The first-order valence-electron chi connectivity index (χ1n) is 13.2. The molecule has 0 aromatic rings. The SMILES string of the molecule is C=CC(=O)OC[Si](C)(C)O[Si](C)(CC)CC(C)C.C[SiH](CCC(=CC(C)(C)C)C(=O)O)O[Si](C)(C)C. The summed E-state index contributed by atoms with van der Waals surface area (Å²) < 4.78 is 17.7. The number of rotatable bonds is 14. The van der Waals surface area contributed by atoms with Crippen molar-refractivity contribution in [2.45, 2.75) is 112 Å². The normalized spacial score (nSPS) is 15.4. The summed E-state index contributed by atoms with van der Waals surface area (Å²) in [5.74, 6) is -0.496. The van der Waals surface area contributed by atoms with E-state index >= 15 is 0 Å². The van der Waals surface area contributed by atoms with E-state index in [9.17, 15) is 14.7 Å². The van der Waals surface area contributed by atoms with Crippen molar-refractivity contribution < 1.29 is 27.7 Å². The van der Waals surface area contributed by atoms with Crippen LogP contribution in [0.1, 0.15) is 48.0 Å². The van der Waals surface area contributed by atoms with Crippen LogP contribution in [0.4, 0.5) is 0 Å². The van der Waals surface area contributed by atoms with Gasteiger partial charge in [-0.3, -0.25) is 0 Å². The van der Waals surface area contributed by atoms with Crippen molar-refractivity contribution in [1.82, 2.24) is 0 Å². The molecule has 0 radical (unpaired) electrons. The highest BCUT2D eigenvalue weighted by molar-refractivity contribution is 6.85. The van der Waals surface area contributed by atoms with Gasteiger partial charge in [0.25, 0.3) is 0 Å². The molecule has 0 rings (SSSR count). The van der Waals surface area contributed by atoms with Crippen molar-refractivity contribution in [2.75, 3.05) is 6.23 Å². The highest BCUT2D eigenvalue weighted by Crippen LogP contribution is 2.26. The van der Waals surface area contributed by atoms with Crippen LogP contribution < -0.4 is 0 Å². The molecule has 0 saturated heterocycles. The van der Waals surface area contributed by atoms with E-state index in [-0.39, 0.29) is 11.4 Å². The number of carbonyl (C=O) groups is 2. The molecule has 0 bridgehead atoms. The van der Waals surface area contributed by atoms with E-state index in [4.69, 9.17) is 13.0 Å². The van der Waals surface area contributed by atoms with Crippen LogP contribution in [0.25, 0.3) is 0 Å². The molecular formula is C26H56O6Si4. The van der Waals surface area contributed by atoms with Crippen LogP contribution in [0.2, 0.25) is 64.0 Å². The topological polar surface area (TPSA) is 82.1 Å². The van der Waals surface area contributed by atoms with E-state index in [1.165, 1.54) is 6.08 Å². The first-order valence-corrected chi connectivity index (χ1v) is 25.0. The van der Waals surface area contributed by atoms with Gasteiger partial charge in [-0.25, -0.2) is 9.59 Å². The van der Waals surface area contributed by atoms with Crippen molar-refractivity contribution in [3.8, 4) is 0 Å². The van der Waals surface area contributed by atoms with Crippen molar-refractivity contribution in [3.05, 3.63) is 24.3 Å². The largest absolute Gasteiger partial charge is 0.478 e. The molecule has 0 fully saturated rings. The maximum atomic E-state index is 11.2. The maximum absolute atomic E-state index is 11.2. The number of allylic oxidation sites excluding steroid dienone is 1. The number of carboxylic acid groups (broad SMARTS) is 1. The first kappa shape index (κ1) is 37.4. The van der Waals surface area contributed by atoms with Crippen LogP contribution in [0, 0.1) is 11.3 Å². The van der Waals surface area contributed by atoms with Crippen LogP contribution in [-0.4, -0.2) is 57.3 Å². The van der Waals surface area contributed by atoms with Gasteiger partial charge < -0.3 is 18.1 Å². The van der Waals surface area contributed by atoms with E-state index in [0.29, 0.717) is 24.1 Å². The molecule has 0 aromatic heterocycles. The molecule has 1 N–H and O–H groups in total. The molecule has 2 unspecified atom stereocenters. The van der Waals surface area contributed by atoms with E-state index in [2.05, 4.69) is 73.2 Å². The highest BCUT2D eigenvalue weighted by atomic mass is 28.4. The van der Waals surface area contributed by atoms with Gasteiger partial charge in [0, 0.05) is 11.6 Å². The summed E-state index contributed by atoms with van der Waals surface area (Å²) in [6.45, 7) is 31.4. The quantitative estimate of drug-likeness (QED) is 0.132. The molecule has 0 saturated carbocycles. The molecule has 0 aromatic carbocycles.